The average molecular weight is 603 g/mol. The third kappa shape index (κ3) is 4.16. The molecule has 10 heteroatoms. The molecule has 45 heavy (non-hydrogen) atoms. The highest BCUT2D eigenvalue weighted by atomic mass is 19.1. The second-order valence-corrected chi connectivity index (χ2v) is 11.4. The monoisotopic (exact) mass is 602 g/mol. The third-order valence-corrected chi connectivity index (χ3v) is 8.66. The second-order valence-electron chi connectivity index (χ2n) is 11.4. The van der Waals surface area contributed by atoms with Gasteiger partial charge in [0.1, 0.15) is 28.5 Å². The van der Waals surface area contributed by atoms with Crippen molar-refractivity contribution < 1.29 is 22.7 Å². The Kier molecular flexibility index (Phi) is 5.80. The summed E-state index contributed by atoms with van der Waals surface area (Å²) < 4.78 is 41.8. The number of methoxy groups -OCH3 is 1. The van der Waals surface area contributed by atoms with Crippen LogP contribution in [0.15, 0.2) is 82.3 Å². The van der Waals surface area contributed by atoms with Crippen LogP contribution in [0.1, 0.15) is 34.5 Å². The Labute approximate surface area is 253 Å². The minimum Gasteiger partial charge on any atom is -0.496 e. The van der Waals surface area contributed by atoms with E-state index < -0.39 is 22.7 Å². The molecule has 1 amide bonds. The molecule has 1 aliphatic carbocycles. The summed E-state index contributed by atoms with van der Waals surface area (Å²) in [7, 11) is 1.48. The maximum absolute atomic E-state index is 16.5. The normalized spacial score (nSPS) is 14.0. The molecule has 0 unspecified atom stereocenters. The number of benzene rings is 3. The number of amides is 1. The zero-order valence-electron chi connectivity index (χ0n) is 24.1. The van der Waals surface area contributed by atoms with Crippen molar-refractivity contribution in [3.05, 3.63) is 112 Å². The molecule has 8 rings (SSSR count). The Morgan fingerprint density at radius 1 is 1.02 bits per heavy atom. The molecule has 0 bridgehead atoms. The first kappa shape index (κ1) is 26.9. The largest absolute Gasteiger partial charge is 0.496 e. The Hall–Kier alpha value is -5.64. The molecule has 222 valence electrons. The van der Waals surface area contributed by atoms with Gasteiger partial charge >= 0.3 is 0 Å². The zero-order chi connectivity index (χ0) is 31.0. The lowest BCUT2D eigenvalue weighted by atomic mass is 9.95. The molecule has 1 aliphatic rings. The van der Waals surface area contributed by atoms with E-state index in [1.54, 1.807) is 43.6 Å². The molecule has 2 N–H and O–H groups in total. The number of hydrogen-bond donors (Lipinski definition) is 2. The van der Waals surface area contributed by atoms with Crippen LogP contribution in [-0.4, -0.2) is 28.0 Å². The van der Waals surface area contributed by atoms with Gasteiger partial charge in [-0.3, -0.25) is 19.6 Å². The molecular weight excluding hydrogens is 578 g/mol. The van der Waals surface area contributed by atoms with E-state index in [-0.39, 0.29) is 44.5 Å². The minimum absolute atomic E-state index is 0.00528. The molecule has 0 radical (unpaired) electrons. The number of aryl methyl sites for hydroxylation is 1. The van der Waals surface area contributed by atoms with Gasteiger partial charge in [-0.1, -0.05) is 0 Å². The summed E-state index contributed by atoms with van der Waals surface area (Å²) in [5, 5.41) is 4.54. The van der Waals surface area contributed by atoms with E-state index in [2.05, 4.69) is 15.3 Å². The van der Waals surface area contributed by atoms with Crippen LogP contribution in [0, 0.1) is 18.6 Å². The third-order valence-electron chi connectivity index (χ3n) is 8.66. The molecule has 4 aromatic heterocycles. The quantitative estimate of drug-likeness (QED) is 0.219. The first-order valence-electron chi connectivity index (χ1n) is 14.4. The van der Waals surface area contributed by atoms with Gasteiger partial charge in [-0.25, -0.2) is 8.78 Å². The van der Waals surface area contributed by atoms with Crippen LogP contribution < -0.4 is 15.6 Å². The molecular formula is C35H24F2N4O4. The molecule has 0 aliphatic heterocycles. The van der Waals surface area contributed by atoms with Crippen molar-refractivity contribution in [2.45, 2.75) is 25.3 Å². The number of nitrogens with zero attached hydrogens (tertiary/aromatic N) is 2. The number of furan rings is 1. The van der Waals surface area contributed by atoms with Gasteiger partial charge in [0.2, 0.25) is 0 Å². The van der Waals surface area contributed by atoms with E-state index >= 15 is 4.39 Å². The number of pyridine rings is 3. The van der Waals surface area contributed by atoms with Crippen LogP contribution in [0.25, 0.3) is 54.9 Å². The number of nitrogens with one attached hydrogen (secondary N) is 2. The summed E-state index contributed by atoms with van der Waals surface area (Å²) in [4.78, 5) is 38.5. The number of carbonyl (C=O) groups excluding carboxylic acids is 1. The molecule has 0 saturated heterocycles. The van der Waals surface area contributed by atoms with Crippen molar-refractivity contribution in [1.29, 1.82) is 0 Å². The van der Waals surface area contributed by atoms with Crippen LogP contribution >= 0.6 is 0 Å². The summed E-state index contributed by atoms with van der Waals surface area (Å²) in [6.07, 6.45) is 4.86. The van der Waals surface area contributed by atoms with Gasteiger partial charge in [0, 0.05) is 28.7 Å². The number of H-pyrrole nitrogens is 1. The van der Waals surface area contributed by atoms with E-state index in [0.717, 1.165) is 29.4 Å². The van der Waals surface area contributed by atoms with Crippen molar-refractivity contribution in [2.75, 3.05) is 7.11 Å². The lowest BCUT2D eigenvalue weighted by molar-refractivity contribution is 0.0927. The number of rotatable bonds is 5. The lowest BCUT2D eigenvalue weighted by Gasteiger charge is -2.20. The fourth-order valence-electron chi connectivity index (χ4n) is 6.17. The predicted octanol–water partition coefficient (Wildman–Crippen LogP) is 7.05. The highest BCUT2D eigenvalue weighted by molar-refractivity contribution is 6.14. The molecule has 3 aromatic carbocycles. The van der Waals surface area contributed by atoms with Crippen molar-refractivity contribution >= 4 is 49.7 Å². The van der Waals surface area contributed by atoms with Crippen LogP contribution in [0.5, 0.6) is 5.75 Å². The van der Waals surface area contributed by atoms with E-state index in [9.17, 15) is 14.0 Å². The number of ether oxygens (including phenoxy) is 1. The van der Waals surface area contributed by atoms with Gasteiger partial charge in [0.05, 0.1) is 45.7 Å². The minimum atomic E-state index is -0.675. The summed E-state index contributed by atoms with van der Waals surface area (Å²) in [6.45, 7) is 1.79. The van der Waals surface area contributed by atoms with Crippen molar-refractivity contribution in [2.24, 2.45) is 0 Å². The Morgan fingerprint density at radius 3 is 2.67 bits per heavy atom. The Morgan fingerprint density at radius 2 is 1.87 bits per heavy atom. The molecule has 0 atom stereocenters. The maximum Gasteiger partial charge on any atom is 0.260 e. The number of aromatic amines is 1. The van der Waals surface area contributed by atoms with E-state index in [4.69, 9.17) is 14.1 Å². The van der Waals surface area contributed by atoms with Crippen LogP contribution in [0.2, 0.25) is 0 Å². The topological polar surface area (TPSA) is 110 Å². The predicted molar refractivity (Wildman–Crippen MR) is 166 cm³/mol. The van der Waals surface area contributed by atoms with Crippen LogP contribution in [0.3, 0.4) is 0 Å². The second kappa shape index (κ2) is 9.68. The van der Waals surface area contributed by atoms with Crippen LogP contribution in [0.4, 0.5) is 8.78 Å². The summed E-state index contributed by atoms with van der Waals surface area (Å²) in [5.74, 6) is -1.23. The van der Waals surface area contributed by atoms with Crippen molar-refractivity contribution in [1.82, 2.24) is 20.3 Å². The average Bonchev–Trinajstić information content (AvgIpc) is 3.70. The fraction of sp³-hybridized carbons (Fsp3) is 0.143. The van der Waals surface area contributed by atoms with Crippen molar-refractivity contribution in [3.8, 4) is 16.9 Å². The molecule has 1 fully saturated rings. The summed E-state index contributed by atoms with van der Waals surface area (Å²) in [6, 6.07) is 16.0. The summed E-state index contributed by atoms with van der Waals surface area (Å²) in [5.41, 5.74) is 2.44. The first-order valence-corrected chi connectivity index (χ1v) is 14.4. The van der Waals surface area contributed by atoms with Gasteiger partial charge in [0.15, 0.2) is 0 Å². The zero-order valence-corrected chi connectivity index (χ0v) is 24.1. The molecule has 7 aromatic rings. The highest BCUT2D eigenvalue weighted by Crippen LogP contribution is 2.46. The fourth-order valence-corrected chi connectivity index (χ4v) is 6.17. The molecule has 4 heterocycles. The summed E-state index contributed by atoms with van der Waals surface area (Å²) >= 11 is 0. The standard InChI is InChI=1S/C35H24F2N4O4/c1-17-13-27(44-2)23(33(42)41-35(10-11-35)28-8-3-18-16-38-12-9-24(18)39-28)15-22(17)20-6-7-26-29(31(20)37)30-32(45-26)21-5-4-19(36)14-25(21)40-34(30)43/h3-9,12-16H,10-11H2,1-2H3,(H,40,43)(H,41,42). The first-order chi connectivity index (χ1) is 21.8. The Bertz CT molecular complexity index is 2450. The SMILES string of the molecule is COc1cc(C)c(-c2ccc3oc4c5ccc(F)cc5[nH]c(=O)c4c3c2F)cc1C(=O)NC1(c2ccc3cnccc3n2)CC1. The number of halogens is 2. The van der Waals surface area contributed by atoms with Gasteiger partial charge in [0.25, 0.3) is 11.5 Å². The van der Waals surface area contributed by atoms with Gasteiger partial charge in [-0.2, -0.15) is 0 Å². The molecule has 0 spiro atoms. The van der Waals surface area contributed by atoms with Crippen molar-refractivity contribution in [3.63, 3.8) is 0 Å². The smallest absolute Gasteiger partial charge is 0.260 e. The van der Waals surface area contributed by atoms with Gasteiger partial charge < -0.3 is 19.5 Å². The number of fused-ring (bicyclic) bond motifs is 6. The number of aromatic nitrogens is 3. The lowest BCUT2D eigenvalue weighted by Crippen LogP contribution is -2.35. The Balaban J connectivity index is 1.23. The van der Waals surface area contributed by atoms with E-state index in [1.165, 1.54) is 25.3 Å². The number of hydrogen-bond acceptors (Lipinski definition) is 6. The maximum atomic E-state index is 16.5. The van der Waals surface area contributed by atoms with E-state index in [0.29, 0.717) is 22.3 Å². The van der Waals surface area contributed by atoms with Crippen LogP contribution in [-0.2, 0) is 5.54 Å². The molecule has 1 saturated carbocycles. The number of carbonyl (C=O) groups is 1. The highest BCUT2D eigenvalue weighted by Gasteiger charge is 2.47. The van der Waals surface area contributed by atoms with E-state index in [1.807, 2.05) is 18.2 Å². The van der Waals surface area contributed by atoms with Gasteiger partial charge in [-0.05, 0) is 91.6 Å². The van der Waals surface area contributed by atoms with Gasteiger partial charge in [-0.15, -0.1) is 0 Å². The molecule has 8 nitrogen and oxygen atoms in total.